The molecule has 2 rings (SSSR count). The second-order valence-corrected chi connectivity index (χ2v) is 4.61. The maximum atomic E-state index is 12.2. The lowest BCUT2D eigenvalue weighted by Gasteiger charge is -2.12. The van der Waals surface area contributed by atoms with Gasteiger partial charge in [0.05, 0.1) is 6.54 Å². The summed E-state index contributed by atoms with van der Waals surface area (Å²) in [5.41, 5.74) is 0.796. The predicted octanol–water partition coefficient (Wildman–Crippen LogP) is 1.90. The van der Waals surface area contributed by atoms with E-state index < -0.39 is 6.61 Å². The second kappa shape index (κ2) is 10.0. The van der Waals surface area contributed by atoms with Gasteiger partial charge in [0, 0.05) is 20.6 Å². The zero-order valence-corrected chi connectivity index (χ0v) is 15.6. The Bertz CT molecular complexity index is 664. The first-order valence-corrected chi connectivity index (χ1v) is 6.89. The SMILES string of the molecule is CN=C(NCc1cccc(OC(F)F)c1)NCc1ncnn1C.I. The van der Waals surface area contributed by atoms with Crippen LogP contribution in [0.15, 0.2) is 35.6 Å². The van der Waals surface area contributed by atoms with Crippen molar-refractivity contribution in [2.45, 2.75) is 19.7 Å². The standard InChI is InChI=1S/C14H18F2N6O.HI/c1-17-14(19-8-12-20-9-21-22(12)2)18-7-10-4-3-5-11(6-10)23-13(15)16;/h3-6,9,13H,7-8H2,1-2H3,(H2,17,18,19);1H. The van der Waals surface area contributed by atoms with E-state index in [0.29, 0.717) is 19.0 Å². The maximum Gasteiger partial charge on any atom is 0.387 e. The molecule has 1 heterocycles. The fraction of sp³-hybridized carbons (Fsp3) is 0.357. The molecule has 24 heavy (non-hydrogen) atoms. The summed E-state index contributed by atoms with van der Waals surface area (Å²) in [7, 11) is 3.44. The van der Waals surface area contributed by atoms with Gasteiger partial charge in [0.2, 0.25) is 0 Å². The second-order valence-electron chi connectivity index (χ2n) is 4.61. The van der Waals surface area contributed by atoms with Crippen LogP contribution in [-0.2, 0) is 20.1 Å². The number of hydrogen-bond acceptors (Lipinski definition) is 4. The molecule has 0 aliphatic heterocycles. The number of aliphatic imine (C=N–C) groups is 1. The van der Waals surface area contributed by atoms with Crippen molar-refractivity contribution < 1.29 is 13.5 Å². The van der Waals surface area contributed by atoms with E-state index in [-0.39, 0.29) is 29.7 Å². The first kappa shape index (κ1) is 20.1. The molecule has 0 bridgehead atoms. The highest BCUT2D eigenvalue weighted by atomic mass is 127. The van der Waals surface area contributed by atoms with Crippen LogP contribution in [0.5, 0.6) is 5.75 Å². The van der Waals surface area contributed by atoms with Gasteiger partial charge in [-0.15, -0.1) is 24.0 Å². The molecule has 10 heteroatoms. The van der Waals surface area contributed by atoms with Crippen molar-refractivity contribution >= 4 is 29.9 Å². The Morgan fingerprint density at radius 1 is 1.33 bits per heavy atom. The van der Waals surface area contributed by atoms with E-state index in [4.69, 9.17) is 0 Å². The lowest BCUT2D eigenvalue weighted by Crippen LogP contribution is -2.36. The molecular formula is C14H19F2IN6O. The number of nitrogens with one attached hydrogen (secondary N) is 2. The number of aromatic nitrogens is 3. The molecule has 0 saturated heterocycles. The average molecular weight is 452 g/mol. The van der Waals surface area contributed by atoms with Gasteiger partial charge in [0.25, 0.3) is 0 Å². The van der Waals surface area contributed by atoms with Crippen LogP contribution in [0.2, 0.25) is 0 Å². The Hall–Kier alpha value is -1.98. The summed E-state index contributed by atoms with van der Waals surface area (Å²) in [5.74, 6) is 1.45. The Morgan fingerprint density at radius 3 is 2.71 bits per heavy atom. The van der Waals surface area contributed by atoms with Gasteiger partial charge in [0.15, 0.2) is 5.96 Å². The lowest BCUT2D eigenvalue weighted by atomic mass is 10.2. The van der Waals surface area contributed by atoms with Crippen LogP contribution in [-0.4, -0.2) is 34.4 Å². The Balaban J connectivity index is 0.00000288. The molecule has 0 unspecified atom stereocenters. The van der Waals surface area contributed by atoms with E-state index in [0.717, 1.165) is 11.4 Å². The van der Waals surface area contributed by atoms with Gasteiger partial charge in [-0.1, -0.05) is 12.1 Å². The molecule has 2 aromatic rings. The number of aryl methyl sites for hydroxylation is 1. The van der Waals surface area contributed by atoms with Crippen molar-refractivity contribution in [3.63, 3.8) is 0 Å². The van der Waals surface area contributed by atoms with Gasteiger partial charge in [-0.2, -0.15) is 13.9 Å². The summed E-state index contributed by atoms with van der Waals surface area (Å²) in [6, 6.07) is 6.50. The number of nitrogens with zero attached hydrogens (tertiary/aromatic N) is 4. The molecule has 0 atom stereocenters. The lowest BCUT2D eigenvalue weighted by molar-refractivity contribution is -0.0498. The van der Waals surface area contributed by atoms with Crippen LogP contribution in [0.1, 0.15) is 11.4 Å². The van der Waals surface area contributed by atoms with E-state index >= 15 is 0 Å². The maximum absolute atomic E-state index is 12.2. The predicted molar refractivity (Wildman–Crippen MR) is 96.5 cm³/mol. The molecular weight excluding hydrogens is 433 g/mol. The monoisotopic (exact) mass is 452 g/mol. The first-order chi connectivity index (χ1) is 11.1. The number of guanidine groups is 1. The smallest absolute Gasteiger partial charge is 0.387 e. The van der Waals surface area contributed by atoms with Gasteiger partial charge < -0.3 is 15.4 Å². The summed E-state index contributed by atoms with van der Waals surface area (Å²) in [4.78, 5) is 8.19. The van der Waals surface area contributed by atoms with Crippen molar-refractivity contribution in [2.75, 3.05) is 7.05 Å². The van der Waals surface area contributed by atoms with E-state index in [2.05, 4.69) is 30.4 Å². The molecule has 0 amide bonds. The topological polar surface area (TPSA) is 76.4 Å². The number of alkyl halides is 2. The van der Waals surface area contributed by atoms with Crippen LogP contribution >= 0.6 is 24.0 Å². The molecule has 1 aromatic heterocycles. The average Bonchev–Trinajstić information content (AvgIpc) is 2.92. The molecule has 0 aliphatic rings. The molecule has 0 fully saturated rings. The van der Waals surface area contributed by atoms with Crippen molar-refractivity contribution in [3.05, 3.63) is 42.0 Å². The van der Waals surface area contributed by atoms with Gasteiger partial charge in [-0.25, -0.2) is 4.98 Å². The molecule has 7 nitrogen and oxygen atoms in total. The molecule has 2 N–H and O–H groups in total. The Morgan fingerprint density at radius 2 is 2.08 bits per heavy atom. The van der Waals surface area contributed by atoms with Crippen LogP contribution < -0.4 is 15.4 Å². The summed E-state index contributed by atoms with van der Waals surface area (Å²) in [6.45, 7) is -1.96. The van der Waals surface area contributed by atoms with E-state index in [1.165, 1.54) is 12.4 Å². The van der Waals surface area contributed by atoms with Crippen LogP contribution in [0.4, 0.5) is 8.78 Å². The minimum absolute atomic E-state index is 0. The summed E-state index contributed by atoms with van der Waals surface area (Å²) < 4.78 is 30.4. The normalized spacial score (nSPS) is 11.1. The minimum Gasteiger partial charge on any atom is -0.435 e. The zero-order chi connectivity index (χ0) is 16.7. The van der Waals surface area contributed by atoms with Gasteiger partial charge in [-0.05, 0) is 17.7 Å². The van der Waals surface area contributed by atoms with Crippen LogP contribution in [0.3, 0.4) is 0 Å². The number of ether oxygens (including phenoxy) is 1. The third-order valence-electron chi connectivity index (χ3n) is 3.03. The largest absolute Gasteiger partial charge is 0.435 e. The first-order valence-electron chi connectivity index (χ1n) is 6.89. The van der Waals surface area contributed by atoms with E-state index in [1.54, 1.807) is 37.0 Å². The summed E-state index contributed by atoms with van der Waals surface area (Å²) >= 11 is 0. The van der Waals surface area contributed by atoms with Crippen LogP contribution in [0.25, 0.3) is 0 Å². The van der Waals surface area contributed by atoms with Gasteiger partial charge in [0.1, 0.15) is 17.9 Å². The van der Waals surface area contributed by atoms with Crippen molar-refractivity contribution in [1.82, 2.24) is 25.4 Å². The number of rotatable bonds is 6. The molecule has 0 radical (unpaired) electrons. The summed E-state index contributed by atoms with van der Waals surface area (Å²) in [6.07, 6.45) is 1.47. The van der Waals surface area contributed by atoms with Crippen molar-refractivity contribution in [3.8, 4) is 5.75 Å². The van der Waals surface area contributed by atoms with Gasteiger partial charge in [-0.3, -0.25) is 9.67 Å². The highest BCUT2D eigenvalue weighted by Gasteiger charge is 2.06. The van der Waals surface area contributed by atoms with Crippen LogP contribution in [0, 0.1) is 0 Å². The third kappa shape index (κ3) is 6.26. The zero-order valence-electron chi connectivity index (χ0n) is 13.2. The minimum atomic E-state index is -2.83. The highest BCUT2D eigenvalue weighted by Crippen LogP contribution is 2.15. The van der Waals surface area contributed by atoms with Crippen molar-refractivity contribution in [1.29, 1.82) is 0 Å². The molecule has 132 valence electrons. The van der Waals surface area contributed by atoms with Crippen molar-refractivity contribution in [2.24, 2.45) is 12.0 Å². The number of halogens is 3. The number of hydrogen-bond donors (Lipinski definition) is 2. The van der Waals surface area contributed by atoms with Gasteiger partial charge >= 0.3 is 6.61 Å². The Labute approximate surface area is 155 Å². The quantitative estimate of drug-likeness (QED) is 0.398. The summed E-state index contributed by atoms with van der Waals surface area (Å²) in [5, 5.41) is 10.2. The number of benzene rings is 1. The fourth-order valence-corrected chi connectivity index (χ4v) is 1.88. The fourth-order valence-electron chi connectivity index (χ4n) is 1.88. The Kier molecular flexibility index (Phi) is 8.36. The molecule has 0 saturated carbocycles. The highest BCUT2D eigenvalue weighted by molar-refractivity contribution is 14.0. The molecule has 0 aliphatic carbocycles. The molecule has 0 spiro atoms. The van der Waals surface area contributed by atoms with E-state index in [9.17, 15) is 8.78 Å². The van der Waals surface area contributed by atoms with E-state index in [1.807, 2.05) is 0 Å². The third-order valence-corrected chi connectivity index (χ3v) is 3.03. The molecule has 1 aromatic carbocycles.